The van der Waals surface area contributed by atoms with Crippen molar-refractivity contribution in [2.75, 3.05) is 37.6 Å². The van der Waals surface area contributed by atoms with Crippen molar-refractivity contribution < 1.29 is 0 Å². The number of nitrogens with one attached hydrogen (secondary N) is 1. The lowest BCUT2D eigenvalue weighted by Crippen LogP contribution is -2.47. The first kappa shape index (κ1) is 25.0. The van der Waals surface area contributed by atoms with Gasteiger partial charge in [-0.05, 0) is 78.0 Å². The van der Waals surface area contributed by atoms with E-state index in [1.165, 1.54) is 56.3 Å². The molecule has 1 aliphatic heterocycles. The van der Waals surface area contributed by atoms with E-state index in [0.717, 1.165) is 43.5 Å². The highest BCUT2D eigenvalue weighted by Crippen LogP contribution is 2.45. The molecule has 0 unspecified atom stereocenters. The van der Waals surface area contributed by atoms with Gasteiger partial charge in [0, 0.05) is 37.4 Å². The average Bonchev–Trinajstić information content (AvgIpc) is 3.32. The number of halogens is 1. The number of nitrogens with zero attached hydrogens (tertiary/aromatic N) is 5. The third-order valence-corrected chi connectivity index (χ3v) is 7.58. The van der Waals surface area contributed by atoms with Crippen LogP contribution in [-0.2, 0) is 0 Å². The van der Waals surface area contributed by atoms with E-state index < -0.39 is 0 Å². The van der Waals surface area contributed by atoms with Crippen molar-refractivity contribution in [3.63, 3.8) is 0 Å². The van der Waals surface area contributed by atoms with Gasteiger partial charge in [-0.2, -0.15) is 0 Å². The van der Waals surface area contributed by atoms with Crippen LogP contribution < -0.4 is 4.90 Å². The number of aromatic amines is 1. The van der Waals surface area contributed by atoms with Gasteiger partial charge in [0.2, 0.25) is 0 Å². The normalized spacial score (nSPS) is 22.6. The number of hydrogen-bond donors (Lipinski definition) is 1. The maximum atomic E-state index is 4.15. The highest BCUT2D eigenvalue weighted by molar-refractivity contribution is 5.85. The molecule has 1 N–H and O–H groups in total. The zero-order valence-electron chi connectivity index (χ0n) is 20.3. The molecule has 2 heterocycles. The van der Waals surface area contributed by atoms with Crippen molar-refractivity contribution in [3.05, 3.63) is 23.8 Å². The van der Waals surface area contributed by atoms with Crippen molar-refractivity contribution in [1.29, 1.82) is 0 Å². The van der Waals surface area contributed by atoms with E-state index >= 15 is 0 Å². The zero-order chi connectivity index (χ0) is 21.8. The molecule has 2 aliphatic rings. The van der Waals surface area contributed by atoms with Crippen molar-refractivity contribution in [2.24, 2.45) is 11.3 Å². The first-order valence-corrected chi connectivity index (χ1v) is 12.3. The summed E-state index contributed by atoms with van der Waals surface area (Å²) in [5, 5.41) is 14.7. The van der Waals surface area contributed by atoms with Crippen LogP contribution >= 0.6 is 12.4 Å². The van der Waals surface area contributed by atoms with E-state index in [4.69, 9.17) is 0 Å². The van der Waals surface area contributed by atoms with Gasteiger partial charge in [0.1, 0.15) is 0 Å². The quantitative estimate of drug-likeness (QED) is 0.613. The second kappa shape index (κ2) is 11.0. The van der Waals surface area contributed by atoms with Crippen molar-refractivity contribution in [1.82, 2.24) is 25.5 Å². The maximum Gasteiger partial charge on any atom is 0.179 e. The third-order valence-electron chi connectivity index (χ3n) is 7.58. The van der Waals surface area contributed by atoms with Gasteiger partial charge in [-0.25, -0.2) is 5.10 Å². The van der Waals surface area contributed by atoms with Crippen LogP contribution in [-0.4, -0.2) is 58.2 Å². The molecule has 7 heteroatoms. The number of piperazine rings is 1. The van der Waals surface area contributed by atoms with Gasteiger partial charge < -0.3 is 4.90 Å². The van der Waals surface area contributed by atoms with Crippen LogP contribution in [0.4, 0.5) is 5.69 Å². The van der Waals surface area contributed by atoms with E-state index in [-0.39, 0.29) is 12.4 Å². The molecule has 1 aromatic heterocycles. The summed E-state index contributed by atoms with van der Waals surface area (Å²) >= 11 is 0. The molecule has 4 rings (SSSR count). The molecule has 0 radical (unpaired) electrons. The number of anilines is 1. The topological polar surface area (TPSA) is 60.9 Å². The van der Waals surface area contributed by atoms with Gasteiger partial charge in [0.15, 0.2) is 5.82 Å². The summed E-state index contributed by atoms with van der Waals surface area (Å²) in [7, 11) is 0. The fraction of sp³-hybridized carbons (Fsp3) is 0.720. The Morgan fingerprint density at radius 1 is 1.03 bits per heavy atom. The predicted molar refractivity (Wildman–Crippen MR) is 135 cm³/mol. The number of H-pyrrole nitrogens is 1. The molecular formula is C25H41ClN6. The smallest absolute Gasteiger partial charge is 0.179 e. The number of hydrogen-bond acceptors (Lipinski definition) is 5. The van der Waals surface area contributed by atoms with Crippen molar-refractivity contribution in [2.45, 2.75) is 72.1 Å². The van der Waals surface area contributed by atoms with E-state index in [0.29, 0.717) is 11.3 Å². The molecule has 2 aromatic rings. The van der Waals surface area contributed by atoms with E-state index in [9.17, 15) is 0 Å². The van der Waals surface area contributed by atoms with E-state index in [2.05, 4.69) is 76.3 Å². The summed E-state index contributed by atoms with van der Waals surface area (Å²) in [6.45, 7) is 15.2. The van der Waals surface area contributed by atoms with Crippen LogP contribution in [0.1, 0.15) is 77.7 Å². The Morgan fingerprint density at radius 2 is 1.75 bits per heavy atom. The molecule has 1 saturated carbocycles. The van der Waals surface area contributed by atoms with Gasteiger partial charge in [-0.15, -0.1) is 17.5 Å². The molecule has 178 valence electrons. The molecule has 0 amide bonds. The van der Waals surface area contributed by atoms with Gasteiger partial charge in [-0.1, -0.05) is 46.2 Å². The SMILES string of the molecule is CCCCN1CCN(c2cc(-c3nnn[nH]3)ccc2C2CCC(C(C)(C)C)CC2)CC1.Cl. The summed E-state index contributed by atoms with van der Waals surface area (Å²) < 4.78 is 0. The van der Waals surface area contributed by atoms with Crippen molar-refractivity contribution >= 4 is 18.1 Å². The second-order valence-electron chi connectivity index (χ2n) is 10.6. The summed E-state index contributed by atoms with van der Waals surface area (Å²) in [6, 6.07) is 6.89. The van der Waals surface area contributed by atoms with Gasteiger partial charge >= 0.3 is 0 Å². The molecule has 32 heavy (non-hydrogen) atoms. The molecule has 1 saturated heterocycles. The Hall–Kier alpha value is -1.66. The minimum atomic E-state index is 0. The Morgan fingerprint density at radius 3 is 2.34 bits per heavy atom. The predicted octanol–water partition coefficient (Wildman–Crippen LogP) is 5.53. The highest BCUT2D eigenvalue weighted by atomic mass is 35.5. The lowest BCUT2D eigenvalue weighted by atomic mass is 9.68. The van der Waals surface area contributed by atoms with Crippen LogP contribution in [0.5, 0.6) is 0 Å². The van der Waals surface area contributed by atoms with E-state index in [1.54, 1.807) is 0 Å². The molecule has 1 aromatic carbocycles. The standard InChI is InChI=1S/C25H40N6.ClH/c1-5-6-13-30-14-16-31(17-15-30)23-18-20(24-26-28-29-27-24)9-12-22(23)19-7-10-21(11-8-19)25(2,3)4;/h9,12,18-19,21H,5-8,10-11,13-17H2,1-4H3,(H,26,27,28,29);1H. The first-order chi connectivity index (χ1) is 15.0. The minimum Gasteiger partial charge on any atom is -0.369 e. The van der Waals surface area contributed by atoms with Crippen LogP contribution in [0.3, 0.4) is 0 Å². The molecule has 2 fully saturated rings. The van der Waals surface area contributed by atoms with Crippen molar-refractivity contribution in [3.8, 4) is 11.4 Å². The number of benzene rings is 1. The zero-order valence-corrected chi connectivity index (χ0v) is 21.1. The molecular weight excluding hydrogens is 420 g/mol. The average molecular weight is 461 g/mol. The summed E-state index contributed by atoms with van der Waals surface area (Å²) in [6.07, 6.45) is 7.85. The molecule has 0 bridgehead atoms. The summed E-state index contributed by atoms with van der Waals surface area (Å²) in [5.74, 6) is 2.26. The Balaban J connectivity index is 0.00000289. The van der Waals surface area contributed by atoms with Crippen LogP contribution in [0.2, 0.25) is 0 Å². The summed E-state index contributed by atoms with van der Waals surface area (Å²) in [5.41, 5.74) is 4.44. The highest BCUT2D eigenvalue weighted by Gasteiger charge is 2.32. The lowest BCUT2D eigenvalue weighted by molar-refractivity contribution is 0.169. The molecule has 6 nitrogen and oxygen atoms in total. The second-order valence-corrected chi connectivity index (χ2v) is 10.6. The Kier molecular flexibility index (Phi) is 8.56. The molecule has 1 aliphatic carbocycles. The van der Waals surface area contributed by atoms with Gasteiger partial charge in [-0.3, -0.25) is 4.90 Å². The third kappa shape index (κ3) is 5.82. The first-order valence-electron chi connectivity index (χ1n) is 12.3. The van der Waals surface area contributed by atoms with Crippen LogP contribution in [0.25, 0.3) is 11.4 Å². The maximum absolute atomic E-state index is 4.15. The number of unbranched alkanes of at least 4 members (excludes halogenated alkanes) is 1. The monoisotopic (exact) mass is 460 g/mol. The Labute approximate surface area is 199 Å². The number of rotatable bonds is 6. The van der Waals surface area contributed by atoms with Crippen LogP contribution in [0.15, 0.2) is 18.2 Å². The minimum absolute atomic E-state index is 0. The fourth-order valence-electron chi connectivity index (χ4n) is 5.46. The van der Waals surface area contributed by atoms with E-state index in [1.807, 2.05) is 0 Å². The number of tetrazole rings is 1. The Bertz CT molecular complexity index is 815. The lowest BCUT2D eigenvalue weighted by Gasteiger charge is -2.40. The summed E-state index contributed by atoms with van der Waals surface area (Å²) in [4.78, 5) is 5.24. The van der Waals surface area contributed by atoms with Gasteiger partial charge in [0.05, 0.1) is 0 Å². The number of aromatic nitrogens is 4. The molecule has 0 atom stereocenters. The largest absolute Gasteiger partial charge is 0.369 e. The van der Waals surface area contributed by atoms with Gasteiger partial charge in [0.25, 0.3) is 0 Å². The molecule has 0 spiro atoms. The van der Waals surface area contributed by atoms with Crippen LogP contribution in [0, 0.1) is 11.3 Å². The fourth-order valence-corrected chi connectivity index (χ4v) is 5.46.